The summed E-state index contributed by atoms with van der Waals surface area (Å²) in [5.74, 6) is -1.89. The number of rotatable bonds is 10. The van der Waals surface area contributed by atoms with E-state index in [9.17, 15) is 19.6 Å². The predicted molar refractivity (Wildman–Crippen MR) is 108 cm³/mol. The average molecular weight is 386 g/mol. The molecule has 150 valence electrons. The molecule has 3 atom stereocenters. The van der Waals surface area contributed by atoms with Crippen molar-refractivity contribution in [3.63, 3.8) is 0 Å². The molecule has 0 unspecified atom stereocenters. The van der Waals surface area contributed by atoms with E-state index < -0.39 is 30.5 Å². The van der Waals surface area contributed by atoms with Gasteiger partial charge in [-0.3, -0.25) is 14.6 Å². The summed E-state index contributed by atoms with van der Waals surface area (Å²) in [5, 5.41) is 27.8. The summed E-state index contributed by atoms with van der Waals surface area (Å²) in [4.78, 5) is 28.6. The Kier molecular flexibility index (Phi) is 7.77. The summed E-state index contributed by atoms with van der Waals surface area (Å²) in [6, 6.07) is 9.38. The molecule has 9 heteroatoms. The minimum atomic E-state index is -1.69. The van der Waals surface area contributed by atoms with E-state index in [1.807, 2.05) is 44.2 Å². The molecule has 0 saturated carbocycles. The molecule has 1 aromatic carbocycles. The Hall–Kier alpha value is -2.65. The van der Waals surface area contributed by atoms with Crippen molar-refractivity contribution in [2.24, 2.45) is 16.8 Å². The van der Waals surface area contributed by atoms with Crippen LogP contribution in [0.15, 0.2) is 47.7 Å². The molecular formula is C19H27BN4O4. The van der Waals surface area contributed by atoms with E-state index in [0.717, 1.165) is 5.56 Å². The molecule has 0 radical (unpaired) electrons. The van der Waals surface area contributed by atoms with Gasteiger partial charge in [0, 0.05) is 12.4 Å². The maximum Gasteiger partial charge on any atom is 0.475 e. The molecule has 0 saturated heterocycles. The molecule has 1 aliphatic heterocycles. The molecule has 2 rings (SSSR count). The van der Waals surface area contributed by atoms with Crippen LogP contribution < -0.4 is 16.0 Å². The summed E-state index contributed by atoms with van der Waals surface area (Å²) < 4.78 is 0. The quantitative estimate of drug-likeness (QED) is 0.286. The normalized spacial score (nSPS) is 20.2. The van der Waals surface area contributed by atoms with Crippen LogP contribution in [0.25, 0.3) is 0 Å². The van der Waals surface area contributed by atoms with Gasteiger partial charge in [-0.15, -0.1) is 0 Å². The van der Waals surface area contributed by atoms with E-state index in [2.05, 4.69) is 20.9 Å². The maximum atomic E-state index is 13.2. The molecule has 0 aliphatic carbocycles. The van der Waals surface area contributed by atoms with Crippen LogP contribution in [-0.2, 0) is 16.0 Å². The number of aliphatic imine (C=N–C) groups is 1. The number of carbonyl (C=O) groups is 2. The summed E-state index contributed by atoms with van der Waals surface area (Å²) in [6.45, 7) is 3.86. The number of carbonyl (C=O) groups excluding carboxylic acids is 2. The van der Waals surface area contributed by atoms with Gasteiger partial charge >= 0.3 is 7.12 Å². The summed E-state index contributed by atoms with van der Waals surface area (Å²) in [6.07, 6.45) is 5.75. The van der Waals surface area contributed by atoms with E-state index in [4.69, 9.17) is 0 Å². The first kappa shape index (κ1) is 21.7. The van der Waals surface area contributed by atoms with Crippen molar-refractivity contribution >= 4 is 25.7 Å². The number of hydrogen-bond donors (Lipinski definition) is 5. The summed E-state index contributed by atoms with van der Waals surface area (Å²) >= 11 is 0. The zero-order chi connectivity index (χ0) is 20.6. The standard InChI is InChI=1S/C19H27BN4O4/c1-14(2)10-17(20(27)28)24-18(26)16(11-15-6-4-3-5-7-15)19(23-13-25)12-21-8-9-22-19/h3-9,12-14,16-17,22,27-28H,10-11H2,1-2H3,(H,23,25)(H,24,26)/t16-,17+,19-/m0/s1. The lowest BCUT2D eigenvalue weighted by Crippen LogP contribution is -2.66. The monoisotopic (exact) mass is 386 g/mol. The molecule has 8 nitrogen and oxygen atoms in total. The Morgan fingerprint density at radius 1 is 1.32 bits per heavy atom. The number of nitrogens with zero attached hydrogens (tertiary/aromatic N) is 1. The Balaban J connectivity index is 2.33. The fraction of sp³-hybridized carbons (Fsp3) is 0.421. The van der Waals surface area contributed by atoms with Crippen molar-refractivity contribution in [1.82, 2.24) is 16.0 Å². The van der Waals surface area contributed by atoms with Crippen molar-refractivity contribution in [2.45, 2.75) is 38.3 Å². The number of hydrogen-bond acceptors (Lipinski definition) is 6. The topological polar surface area (TPSA) is 123 Å². The molecule has 1 heterocycles. The van der Waals surface area contributed by atoms with Gasteiger partial charge in [0.15, 0.2) is 5.66 Å². The van der Waals surface area contributed by atoms with Crippen molar-refractivity contribution < 1.29 is 19.6 Å². The Morgan fingerprint density at radius 2 is 2.04 bits per heavy atom. The first-order valence-corrected chi connectivity index (χ1v) is 9.27. The number of nitrogens with one attached hydrogen (secondary N) is 3. The van der Waals surface area contributed by atoms with E-state index in [0.29, 0.717) is 19.3 Å². The van der Waals surface area contributed by atoms with Gasteiger partial charge in [-0.2, -0.15) is 0 Å². The third-order valence-electron chi connectivity index (χ3n) is 4.62. The number of amides is 2. The Labute approximate surface area is 165 Å². The molecular weight excluding hydrogens is 359 g/mol. The molecule has 0 bridgehead atoms. The van der Waals surface area contributed by atoms with Crippen LogP contribution in [0.2, 0.25) is 0 Å². The van der Waals surface area contributed by atoms with Crippen molar-refractivity contribution in [2.75, 3.05) is 0 Å². The van der Waals surface area contributed by atoms with Crippen LogP contribution in [0.5, 0.6) is 0 Å². The highest BCUT2D eigenvalue weighted by molar-refractivity contribution is 6.43. The largest absolute Gasteiger partial charge is 0.475 e. The van der Waals surface area contributed by atoms with Crippen molar-refractivity contribution in [1.29, 1.82) is 0 Å². The van der Waals surface area contributed by atoms with Crippen LogP contribution in [0.3, 0.4) is 0 Å². The van der Waals surface area contributed by atoms with E-state index in [1.165, 1.54) is 12.4 Å². The van der Waals surface area contributed by atoms with E-state index in [1.54, 1.807) is 6.20 Å². The van der Waals surface area contributed by atoms with Crippen LogP contribution >= 0.6 is 0 Å². The minimum Gasteiger partial charge on any atom is -0.426 e. The second-order valence-electron chi connectivity index (χ2n) is 7.27. The van der Waals surface area contributed by atoms with Gasteiger partial charge in [-0.05, 0) is 24.3 Å². The van der Waals surface area contributed by atoms with Crippen LogP contribution in [0.1, 0.15) is 25.8 Å². The Bertz CT molecular complexity index is 707. The maximum absolute atomic E-state index is 13.2. The van der Waals surface area contributed by atoms with Crippen LogP contribution in [-0.4, -0.2) is 47.3 Å². The predicted octanol–water partition coefficient (Wildman–Crippen LogP) is -0.0243. The zero-order valence-electron chi connectivity index (χ0n) is 16.1. The summed E-state index contributed by atoms with van der Waals surface area (Å²) in [7, 11) is -1.69. The van der Waals surface area contributed by atoms with Gasteiger partial charge in [0.05, 0.1) is 18.1 Å². The van der Waals surface area contributed by atoms with Gasteiger partial charge in [-0.1, -0.05) is 44.2 Å². The van der Waals surface area contributed by atoms with Crippen molar-refractivity contribution in [3.05, 3.63) is 48.3 Å². The van der Waals surface area contributed by atoms with Gasteiger partial charge in [0.2, 0.25) is 12.3 Å². The lowest BCUT2D eigenvalue weighted by atomic mass is 9.74. The molecule has 0 aromatic heterocycles. The fourth-order valence-electron chi connectivity index (χ4n) is 3.24. The highest BCUT2D eigenvalue weighted by Gasteiger charge is 2.43. The van der Waals surface area contributed by atoms with Gasteiger partial charge in [0.1, 0.15) is 0 Å². The highest BCUT2D eigenvalue weighted by atomic mass is 16.4. The molecule has 0 spiro atoms. The molecule has 0 fully saturated rings. The Morgan fingerprint density at radius 3 is 2.57 bits per heavy atom. The SMILES string of the molecule is CC(C)C[C@@H](NC(=O)[C@H](Cc1ccccc1)[C@@]1(NC=O)C=NC=CN1)B(O)O. The van der Waals surface area contributed by atoms with Crippen molar-refractivity contribution in [3.8, 4) is 0 Å². The van der Waals surface area contributed by atoms with E-state index >= 15 is 0 Å². The van der Waals surface area contributed by atoms with E-state index in [-0.39, 0.29) is 5.92 Å². The first-order chi connectivity index (χ1) is 13.4. The van der Waals surface area contributed by atoms with Gasteiger partial charge in [0.25, 0.3) is 0 Å². The van der Waals surface area contributed by atoms with Gasteiger partial charge in [-0.25, -0.2) is 0 Å². The smallest absolute Gasteiger partial charge is 0.426 e. The lowest BCUT2D eigenvalue weighted by molar-refractivity contribution is -0.128. The lowest BCUT2D eigenvalue weighted by Gasteiger charge is -2.38. The van der Waals surface area contributed by atoms with Gasteiger partial charge < -0.3 is 26.0 Å². The molecule has 2 amide bonds. The number of benzene rings is 1. The first-order valence-electron chi connectivity index (χ1n) is 9.27. The highest BCUT2D eigenvalue weighted by Crippen LogP contribution is 2.22. The molecule has 1 aliphatic rings. The third-order valence-corrected chi connectivity index (χ3v) is 4.62. The fourth-order valence-corrected chi connectivity index (χ4v) is 3.24. The molecule has 1 aromatic rings. The molecule has 5 N–H and O–H groups in total. The summed E-state index contributed by atoms with van der Waals surface area (Å²) in [5.41, 5.74) is -0.344. The second-order valence-corrected chi connectivity index (χ2v) is 7.27. The minimum absolute atomic E-state index is 0.152. The third kappa shape index (κ3) is 5.67. The van der Waals surface area contributed by atoms with Crippen LogP contribution in [0.4, 0.5) is 0 Å². The second kappa shape index (κ2) is 10.1. The molecule has 28 heavy (non-hydrogen) atoms. The average Bonchev–Trinajstić information content (AvgIpc) is 2.66. The zero-order valence-corrected chi connectivity index (χ0v) is 16.1. The van der Waals surface area contributed by atoms with Crippen LogP contribution in [0, 0.1) is 11.8 Å².